The van der Waals surface area contributed by atoms with Gasteiger partial charge in [-0.05, 0) is 30.9 Å². The second-order valence-electron chi connectivity index (χ2n) is 5.89. The molecule has 1 aliphatic rings. The summed E-state index contributed by atoms with van der Waals surface area (Å²) in [5.41, 5.74) is 1.81. The largest absolute Gasteiger partial charge is 0.478 e. The number of carboxylic acids is 1. The summed E-state index contributed by atoms with van der Waals surface area (Å²) in [5, 5.41) is 9.33. The van der Waals surface area contributed by atoms with E-state index >= 15 is 0 Å². The third kappa shape index (κ3) is 2.65. The Hall–Kier alpha value is -1.88. The number of fused-ring (bicyclic) bond motifs is 1. The van der Waals surface area contributed by atoms with E-state index in [4.69, 9.17) is 4.74 Å². The lowest BCUT2D eigenvalue weighted by molar-refractivity contribution is 0.0699. The van der Waals surface area contributed by atoms with Crippen LogP contribution in [0.25, 0.3) is 11.0 Å². The summed E-state index contributed by atoms with van der Waals surface area (Å²) in [6.07, 6.45) is 2.29. The Labute approximate surface area is 123 Å². The molecule has 1 aliphatic carbocycles. The van der Waals surface area contributed by atoms with Gasteiger partial charge in [0.25, 0.3) is 0 Å². The second kappa shape index (κ2) is 5.48. The predicted octanol–water partition coefficient (Wildman–Crippen LogP) is 2.89. The minimum Gasteiger partial charge on any atom is -0.478 e. The van der Waals surface area contributed by atoms with Crippen molar-refractivity contribution in [2.24, 2.45) is 5.92 Å². The van der Waals surface area contributed by atoms with Crippen LogP contribution in [0, 0.1) is 5.92 Å². The van der Waals surface area contributed by atoms with Crippen molar-refractivity contribution in [1.82, 2.24) is 9.55 Å². The number of aromatic nitrogens is 2. The second-order valence-corrected chi connectivity index (χ2v) is 5.89. The van der Waals surface area contributed by atoms with Gasteiger partial charge in [-0.2, -0.15) is 0 Å². The molecule has 0 saturated heterocycles. The average molecular weight is 288 g/mol. The number of rotatable bonds is 6. The van der Waals surface area contributed by atoms with Gasteiger partial charge >= 0.3 is 5.97 Å². The molecular weight excluding hydrogens is 268 g/mol. The molecule has 0 amide bonds. The highest BCUT2D eigenvalue weighted by molar-refractivity contribution is 6.01. The maximum Gasteiger partial charge on any atom is 0.337 e. The van der Waals surface area contributed by atoms with Gasteiger partial charge in [0.1, 0.15) is 11.3 Å². The Morgan fingerprint density at radius 3 is 2.90 bits per heavy atom. The van der Waals surface area contributed by atoms with Crippen molar-refractivity contribution in [2.45, 2.75) is 32.2 Å². The fourth-order valence-electron chi connectivity index (χ4n) is 2.83. The number of carbonyl (C=O) groups is 1. The van der Waals surface area contributed by atoms with Gasteiger partial charge in [0, 0.05) is 19.6 Å². The fraction of sp³-hybridized carbons (Fsp3) is 0.500. The van der Waals surface area contributed by atoms with Crippen LogP contribution in [0.4, 0.5) is 0 Å². The summed E-state index contributed by atoms with van der Waals surface area (Å²) in [7, 11) is 1.70. The number of methoxy groups -OCH3 is 1. The molecule has 5 heteroatoms. The highest BCUT2D eigenvalue weighted by Gasteiger charge is 2.30. The first kappa shape index (κ1) is 14.1. The van der Waals surface area contributed by atoms with Crippen molar-refractivity contribution >= 4 is 17.0 Å². The van der Waals surface area contributed by atoms with E-state index in [1.54, 1.807) is 19.2 Å². The monoisotopic (exact) mass is 288 g/mol. The fourth-order valence-corrected chi connectivity index (χ4v) is 2.83. The van der Waals surface area contributed by atoms with Crippen LogP contribution in [0.5, 0.6) is 0 Å². The molecule has 1 aromatic carbocycles. The molecule has 112 valence electrons. The number of aromatic carboxylic acids is 1. The Balaban J connectivity index is 2.09. The number of nitrogens with zero attached hydrogens (tertiary/aromatic N) is 2. The minimum absolute atomic E-state index is 0.285. The summed E-state index contributed by atoms with van der Waals surface area (Å²) in [5.74, 6) is 0.950. The summed E-state index contributed by atoms with van der Waals surface area (Å²) < 4.78 is 7.40. The predicted molar refractivity (Wildman–Crippen MR) is 79.7 cm³/mol. The maximum absolute atomic E-state index is 11.4. The molecule has 1 atom stereocenters. The van der Waals surface area contributed by atoms with Crippen LogP contribution in [0.1, 0.15) is 41.9 Å². The van der Waals surface area contributed by atoms with E-state index < -0.39 is 5.97 Å². The van der Waals surface area contributed by atoms with Gasteiger partial charge in [0.15, 0.2) is 0 Å². The zero-order valence-corrected chi connectivity index (χ0v) is 12.4. The van der Waals surface area contributed by atoms with Gasteiger partial charge in [-0.3, -0.25) is 0 Å². The number of hydrogen-bond donors (Lipinski definition) is 1. The molecule has 1 unspecified atom stereocenters. The Morgan fingerprint density at radius 1 is 1.52 bits per heavy atom. The summed E-state index contributed by atoms with van der Waals surface area (Å²) in [6, 6.07) is 5.37. The standard InChI is InChI=1S/C16H20N2O3/c1-10(9-21-2)8-18-13-5-3-4-12(16(19)20)14(13)17-15(18)11-6-7-11/h3-5,10-11H,6-9H2,1-2H3,(H,19,20). The lowest BCUT2D eigenvalue weighted by atomic mass is 10.1. The first-order valence-corrected chi connectivity index (χ1v) is 7.33. The maximum atomic E-state index is 11.4. The molecular formula is C16H20N2O3. The molecule has 1 heterocycles. The molecule has 2 aromatic rings. The topological polar surface area (TPSA) is 64.4 Å². The normalized spacial score (nSPS) is 16.3. The van der Waals surface area contributed by atoms with Crippen LogP contribution in [0.2, 0.25) is 0 Å². The number of benzene rings is 1. The molecule has 0 aliphatic heterocycles. The molecule has 1 N–H and O–H groups in total. The van der Waals surface area contributed by atoms with Gasteiger partial charge < -0.3 is 14.4 Å². The molecule has 0 radical (unpaired) electrons. The zero-order chi connectivity index (χ0) is 15.0. The van der Waals surface area contributed by atoms with E-state index in [2.05, 4.69) is 16.5 Å². The number of ether oxygens (including phenoxy) is 1. The summed E-state index contributed by atoms with van der Waals surface area (Å²) >= 11 is 0. The molecule has 0 bridgehead atoms. The van der Waals surface area contributed by atoms with Crippen molar-refractivity contribution in [1.29, 1.82) is 0 Å². The zero-order valence-electron chi connectivity index (χ0n) is 12.4. The Morgan fingerprint density at radius 2 is 2.29 bits per heavy atom. The van der Waals surface area contributed by atoms with Gasteiger partial charge in [0.05, 0.1) is 17.7 Å². The van der Waals surface area contributed by atoms with Crippen molar-refractivity contribution in [2.75, 3.05) is 13.7 Å². The van der Waals surface area contributed by atoms with Crippen LogP contribution in [0.15, 0.2) is 18.2 Å². The van der Waals surface area contributed by atoms with Gasteiger partial charge in [-0.25, -0.2) is 9.78 Å². The Kier molecular flexibility index (Phi) is 3.68. The minimum atomic E-state index is -0.919. The van der Waals surface area contributed by atoms with Crippen LogP contribution in [0.3, 0.4) is 0 Å². The summed E-state index contributed by atoms with van der Waals surface area (Å²) in [6.45, 7) is 3.62. The van der Waals surface area contributed by atoms with E-state index in [1.165, 1.54) is 0 Å². The highest BCUT2D eigenvalue weighted by atomic mass is 16.5. The smallest absolute Gasteiger partial charge is 0.337 e. The summed E-state index contributed by atoms with van der Waals surface area (Å²) in [4.78, 5) is 16.0. The van der Waals surface area contributed by atoms with Crippen molar-refractivity contribution in [3.8, 4) is 0 Å². The number of hydrogen-bond acceptors (Lipinski definition) is 3. The molecule has 1 fully saturated rings. The molecule has 1 saturated carbocycles. The van der Waals surface area contributed by atoms with Crippen LogP contribution in [-0.2, 0) is 11.3 Å². The Bertz CT molecular complexity index is 673. The van der Waals surface area contributed by atoms with Gasteiger partial charge in [0.2, 0.25) is 0 Å². The molecule has 1 aromatic heterocycles. The first-order valence-electron chi connectivity index (χ1n) is 7.33. The van der Waals surface area contributed by atoms with E-state index in [9.17, 15) is 9.90 Å². The number of para-hydroxylation sites is 1. The lowest BCUT2D eigenvalue weighted by Gasteiger charge is -2.14. The van der Waals surface area contributed by atoms with Gasteiger partial charge in [-0.1, -0.05) is 13.0 Å². The molecule has 5 nitrogen and oxygen atoms in total. The first-order chi connectivity index (χ1) is 10.1. The van der Waals surface area contributed by atoms with Crippen molar-refractivity contribution in [3.05, 3.63) is 29.6 Å². The molecule has 0 spiro atoms. The van der Waals surface area contributed by atoms with E-state index in [0.717, 1.165) is 30.7 Å². The highest BCUT2D eigenvalue weighted by Crippen LogP contribution is 2.41. The van der Waals surface area contributed by atoms with E-state index in [0.29, 0.717) is 24.0 Å². The van der Waals surface area contributed by atoms with Crippen molar-refractivity contribution in [3.63, 3.8) is 0 Å². The average Bonchev–Trinajstić information content (AvgIpc) is 3.22. The lowest BCUT2D eigenvalue weighted by Crippen LogP contribution is -2.14. The quantitative estimate of drug-likeness (QED) is 0.887. The third-order valence-electron chi connectivity index (χ3n) is 3.93. The van der Waals surface area contributed by atoms with Gasteiger partial charge in [-0.15, -0.1) is 0 Å². The molecule has 3 rings (SSSR count). The third-order valence-corrected chi connectivity index (χ3v) is 3.93. The number of carboxylic acid groups (broad SMARTS) is 1. The van der Waals surface area contributed by atoms with Crippen LogP contribution in [-0.4, -0.2) is 34.3 Å². The van der Waals surface area contributed by atoms with Crippen LogP contribution >= 0.6 is 0 Å². The van der Waals surface area contributed by atoms with E-state index in [1.807, 2.05) is 6.07 Å². The van der Waals surface area contributed by atoms with Crippen molar-refractivity contribution < 1.29 is 14.6 Å². The SMILES string of the molecule is COCC(C)Cn1c(C2CC2)nc2c(C(=O)O)cccc21. The van der Waals surface area contributed by atoms with Crippen LogP contribution < -0.4 is 0 Å². The number of imidazole rings is 1. The molecule has 21 heavy (non-hydrogen) atoms. The van der Waals surface area contributed by atoms with E-state index in [-0.39, 0.29) is 5.56 Å².